The van der Waals surface area contributed by atoms with Gasteiger partial charge >= 0.3 is 6.03 Å². The summed E-state index contributed by atoms with van der Waals surface area (Å²) >= 11 is 0. The maximum Gasteiger partial charge on any atom is 0.315 e. The molecule has 0 heterocycles. The molecule has 0 bridgehead atoms. The second-order valence-corrected chi connectivity index (χ2v) is 6.16. The van der Waals surface area contributed by atoms with E-state index in [1.807, 2.05) is 24.3 Å². The fourth-order valence-corrected chi connectivity index (χ4v) is 2.90. The quantitative estimate of drug-likeness (QED) is 0.681. The third kappa shape index (κ3) is 6.58. The van der Waals surface area contributed by atoms with Crippen molar-refractivity contribution in [1.82, 2.24) is 16.0 Å². The number of hydrogen-bond acceptors (Lipinski definition) is 3. The fourth-order valence-electron chi connectivity index (χ4n) is 2.90. The van der Waals surface area contributed by atoms with Gasteiger partial charge in [-0.25, -0.2) is 4.79 Å². The summed E-state index contributed by atoms with van der Waals surface area (Å²) in [4.78, 5) is 23.5. The molecule has 6 nitrogen and oxygen atoms in total. The van der Waals surface area contributed by atoms with Crippen LogP contribution in [0, 0.1) is 0 Å². The van der Waals surface area contributed by atoms with Gasteiger partial charge in [-0.2, -0.15) is 0 Å². The summed E-state index contributed by atoms with van der Waals surface area (Å²) in [6, 6.07) is 7.94. The third-order valence-corrected chi connectivity index (χ3v) is 4.11. The number of carbonyl (C=O) groups is 2. The Morgan fingerprint density at radius 2 is 1.92 bits per heavy atom. The van der Waals surface area contributed by atoms with Gasteiger partial charge < -0.3 is 20.7 Å². The molecular formula is C18H27N3O3. The van der Waals surface area contributed by atoms with Crippen LogP contribution < -0.4 is 16.0 Å². The maximum absolute atomic E-state index is 11.8. The average Bonchev–Trinajstić information content (AvgIpc) is 3.06. The molecule has 132 valence electrons. The normalized spacial score (nSPS) is 14.4. The van der Waals surface area contributed by atoms with Crippen molar-refractivity contribution in [2.24, 2.45) is 0 Å². The first kappa shape index (κ1) is 18.3. The minimum atomic E-state index is -0.263. The molecular weight excluding hydrogens is 306 g/mol. The SMILES string of the molecule is COCc1cccc(CNC(=O)NCCC(=O)NC2CCCC2)c1. The highest BCUT2D eigenvalue weighted by atomic mass is 16.5. The number of methoxy groups -OCH3 is 1. The molecule has 1 fully saturated rings. The molecule has 1 aromatic rings. The smallest absolute Gasteiger partial charge is 0.315 e. The predicted molar refractivity (Wildman–Crippen MR) is 92.4 cm³/mol. The topological polar surface area (TPSA) is 79.5 Å². The second-order valence-electron chi connectivity index (χ2n) is 6.16. The van der Waals surface area contributed by atoms with Crippen LogP contribution in [0.1, 0.15) is 43.2 Å². The van der Waals surface area contributed by atoms with Crippen LogP contribution in [-0.4, -0.2) is 31.6 Å². The summed E-state index contributed by atoms with van der Waals surface area (Å²) in [6.07, 6.45) is 4.84. The number of benzene rings is 1. The molecule has 2 rings (SSSR count). The van der Waals surface area contributed by atoms with Gasteiger partial charge in [0.1, 0.15) is 0 Å². The van der Waals surface area contributed by atoms with Gasteiger partial charge in [-0.3, -0.25) is 4.79 Å². The third-order valence-electron chi connectivity index (χ3n) is 4.11. The lowest BCUT2D eigenvalue weighted by molar-refractivity contribution is -0.121. The number of hydrogen-bond donors (Lipinski definition) is 3. The van der Waals surface area contributed by atoms with Crippen molar-refractivity contribution in [1.29, 1.82) is 0 Å². The lowest BCUT2D eigenvalue weighted by atomic mass is 10.1. The van der Waals surface area contributed by atoms with E-state index < -0.39 is 0 Å². The number of amides is 3. The number of ether oxygens (including phenoxy) is 1. The zero-order chi connectivity index (χ0) is 17.2. The van der Waals surface area contributed by atoms with Gasteiger partial charge in [0.05, 0.1) is 6.61 Å². The lowest BCUT2D eigenvalue weighted by Gasteiger charge is -2.12. The van der Waals surface area contributed by atoms with Crippen LogP contribution in [0.4, 0.5) is 4.79 Å². The highest BCUT2D eigenvalue weighted by Crippen LogP contribution is 2.17. The van der Waals surface area contributed by atoms with Crippen molar-refractivity contribution < 1.29 is 14.3 Å². The van der Waals surface area contributed by atoms with E-state index in [2.05, 4.69) is 16.0 Å². The van der Waals surface area contributed by atoms with Gasteiger partial charge in [0.15, 0.2) is 0 Å². The van der Waals surface area contributed by atoms with E-state index in [0.717, 1.165) is 24.0 Å². The zero-order valence-electron chi connectivity index (χ0n) is 14.3. The molecule has 0 aromatic heterocycles. The molecule has 24 heavy (non-hydrogen) atoms. The van der Waals surface area contributed by atoms with Gasteiger partial charge in [0, 0.05) is 32.7 Å². The Hall–Kier alpha value is -2.08. The van der Waals surface area contributed by atoms with Crippen LogP contribution >= 0.6 is 0 Å². The van der Waals surface area contributed by atoms with E-state index >= 15 is 0 Å². The highest BCUT2D eigenvalue weighted by molar-refractivity contribution is 5.78. The lowest BCUT2D eigenvalue weighted by Crippen LogP contribution is -2.39. The summed E-state index contributed by atoms with van der Waals surface area (Å²) in [5, 5.41) is 8.51. The van der Waals surface area contributed by atoms with Gasteiger partial charge in [0.25, 0.3) is 0 Å². The Morgan fingerprint density at radius 1 is 1.17 bits per heavy atom. The van der Waals surface area contributed by atoms with Crippen LogP contribution in [0.3, 0.4) is 0 Å². The van der Waals surface area contributed by atoms with Crippen LogP contribution in [0.5, 0.6) is 0 Å². The molecule has 0 aliphatic heterocycles. The number of nitrogens with one attached hydrogen (secondary N) is 3. The highest BCUT2D eigenvalue weighted by Gasteiger charge is 2.16. The van der Waals surface area contributed by atoms with Crippen molar-refractivity contribution in [3.8, 4) is 0 Å². The molecule has 1 aliphatic rings. The van der Waals surface area contributed by atoms with Crippen molar-refractivity contribution in [3.63, 3.8) is 0 Å². The molecule has 0 atom stereocenters. The van der Waals surface area contributed by atoms with E-state index in [4.69, 9.17) is 4.74 Å². The van der Waals surface area contributed by atoms with Crippen molar-refractivity contribution in [3.05, 3.63) is 35.4 Å². The molecule has 0 spiro atoms. The first-order chi connectivity index (χ1) is 11.7. The number of carbonyl (C=O) groups excluding carboxylic acids is 2. The van der Waals surface area contributed by atoms with E-state index in [-0.39, 0.29) is 11.9 Å². The van der Waals surface area contributed by atoms with E-state index in [0.29, 0.717) is 32.2 Å². The summed E-state index contributed by atoms with van der Waals surface area (Å²) in [6.45, 7) is 1.34. The molecule has 0 saturated heterocycles. The Bertz CT molecular complexity index is 542. The Kier molecular flexibility index (Phi) is 7.55. The Balaban J connectivity index is 1.60. The first-order valence-electron chi connectivity index (χ1n) is 8.55. The van der Waals surface area contributed by atoms with E-state index in [9.17, 15) is 9.59 Å². The summed E-state index contributed by atoms with van der Waals surface area (Å²) in [5.41, 5.74) is 2.08. The van der Waals surface area contributed by atoms with Crippen molar-refractivity contribution in [2.75, 3.05) is 13.7 Å². The van der Waals surface area contributed by atoms with E-state index in [1.54, 1.807) is 7.11 Å². The van der Waals surface area contributed by atoms with Gasteiger partial charge in [-0.1, -0.05) is 37.1 Å². The average molecular weight is 333 g/mol. The molecule has 1 aliphatic carbocycles. The number of urea groups is 1. The maximum atomic E-state index is 11.8. The summed E-state index contributed by atoms with van der Waals surface area (Å²) < 4.78 is 5.09. The van der Waals surface area contributed by atoms with Crippen molar-refractivity contribution in [2.45, 2.75) is 51.3 Å². The minimum absolute atomic E-state index is 0.00877. The number of rotatable bonds is 8. The molecule has 3 N–H and O–H groups in total. The molecule has 3 amide bonds. The summed E-state index contributed by atoms with van der Waals surface area (Å²) in [7, 11) is 1.65. The molecule has 1 aromatic carbocycles. The Labute approximate surface area is 143 Å². The van der Waals surface area contributed by atoms with Crippen LogP contribution in [0.25, 0.3) is 0 Å². The predicted octanol–water partition coefficient (Wildman–Crippen LogP) is 2.08. The second kappa shape index (κ2) is 9.93. The van der Waals surface area contributed by atoms with E-state index in [1.165, 1.54) is 12.8 Å². The van der Waals surface area contributed by atoms with Crippen LogP contribution in [0.15, 0.2) is 24.3 Å². The zero-order valence-corrected chi connectivity index (χ0v) is 14.3. The van der Waals surface area contributed by atoms with Gasteiger partial charge in [-0.15, -0.1) is 0 Å². The monoisotopic (exact) mass is 333 g/mol. The van der Waals surface area contributed by atoms with Crippen LogP contribution in [-0.2, 0) is 22.7 Å². The molecule has 6 heteroatoms. The summed E-state index contributed by atoms with van der Waals surface area (Å²) in [5.74, 6) is 0.00877. The Morgan fingerprint density at radius 3 is 2.67 bits per heavy atom. The molecule has 1 saturated carbocycles. The standard InChI is InChI=1S/C18H27N3O3/c1-24-13-15-6-4-5-14(11-15)12-20-18(23)19-10-9-17(22)21-16-7-2-3-8-16/h4-6,11,16H,2-3,7-10,12-13H2,1H3,(H,21,22)(H2,19,20,23). The largest absolute Gasteiger partial charge is 0.380 e. The van der Waals surface area contributed by atoms with Crippen LogP contribution in [0.2, 0.25) is 0 Å². The van der Waals surface area contributed by atoms with Gasteiger partial charge in [-0.05, 0) is 24.0 Å². The van der Waals surface area contributed by atoms with Crippen molar-refractivity contribution >= 4 is 11.9 Å². The minimum Gasteiger partial charge on any atom is -0.380 e. The first-order valence-corrected chi connectivity index (χ1v) is 8.55. The van der Waals surface area contributed by atoms with Gasteiger partial charge in [0.2, 0.25) is 5.91 Å². The molecule has 0 unspecified atom stereocenters. The molecule has 0 radical (unpaired) electrons. The fraction of sp³-hybridized carbons (Fsp3) is 0.556.